The minimum Gasteiger partial charge on any atom is -0.286 e. The minimum absolute atomic E-state index is 0.215. The van der Waals surface area contributed by atoms with Crippen LogP contribution in [0.5, 0.6) is 0 Å². The van der Waals surface area contributed by atoms with Crippen LogP contribution in [0.25, 0.3) is 0 Å². The van der Waals surface area contributed by atoms with Gasteiger partial charge in [0.15, 0.2) is 0 Å². The monoisotopic (exact) mass is 168 g/mol. The van der Waals surface area contributed by atoms with Gasteiger partial charge in [0.25, 0.3) is 10.1 Å². The summed E-state index contributed by atoms with van der Waals surface area (Å²) in [6, 6.07) is 0. The molecule has 0 unspecified atom stereocenters. The van der Waals surface area contributed by atoms with E-state index in [0.29, 0.717) is 6.54 Å². The Balaban J connectivity index is 3.21. The summed E-state index contributed by atoms with van der Waals surface area (Å²) in [5, 5.41) is 0. The Morgan fingerprint density at radius 1 is 1.40 bits per heavy atom. The SMILES string of the molecule is CCNNCCS(=O)(=O)O. The van der Waals surface area contributed by atoms with E-state index in [1.165, 1.54) is 0 Å². The Bertz CT molecular complexity index is 165. The summed E-state index contributed by atoms with van der Waals surface area (Å²) in [6.45, 7) is 2.80. The zero-order valence-corrected chi connectivity index (χ0v) is 6.61. The highest BCUT2D eigenvalue weighted by Gasteiger charge is 2.01. The fraction of sp³-hybridized carbons (Fsp3) is 1.00. The van der Waals surface area contributed by atoms with Crippen molar-refractivity contribution in [3.8, 4) is 0 Å². The molecule has 0 fully saturated rings. The first-order valence-corrected chi connectivity index (χ1v) is 4.58. The molecule has 0 aliphatic carbocycles. The minimum atomic E-state index is -3.81. The molecular formula is C4H12N2O3S. The number of hydrazine groups is 1. The first-order chi connectivity index (χ1) is 4.56. The van der Waals surface area contributed by atoms with Gasteiger partial charge in [0.05, 0.1) is 5.75 Å². The van der Waals surface area contributed by atoms with Crippen LogP contribution in [0, 0.1) is 0 Å². The molecule has 62 valence electrons. The molecule has 0 aliphatic heterocycles. The molecule has 10 heavy (non-hydrogen) atoms. The third-order valence-electron chi connectivity index (χ3n) is 0.787. The zero-order chi connectivity index (χ0) is 8.04. The molecule has 0 amide bonds. The lowest BCUT2D eigenvalue weighted by molar-refractivity contribution is 0.475. The highest BCUT2D eigenvalue weighted by atomic mass is 32.2. The summed E-state index contributed by atoms with van der Waals surface area (Å²) in [6.07, 6.45) is 0. The van der Waals surface area contributed by atoms with Crippen molar-refractivity contribution in [3.63, 3.8) is 0 Å². The normalized spacial score (nSPS) is 11.8. The van der Waals surface area contributed by atoms with Gasteiger partial charge in [-0.3, -0.25) is 15.4 Å². The summed E-state index contributed by atoms with van der Waals surface area (Å²) >= 11 is 0. The molecule has 0 heterocycles. The van der Waals surface area contributed by atoms with Crippen LogP contribution in [0.1, 0.15) is 6.92 Å². The molecule has 0 spiro atoms. The largest absolute Gasteiger partial charge is 0.286 e. The predicted molar refractivity (Wildman–Crippen MR) is 38.1 cm³/mol. The van der Waals surface area contributed by atoms with Crippen molar-refractivity contribution < 1.29 is 13.0 Å². The molecule has 0 saturated carbocycles. The fourth-order valence-electron chi connectivity index (χ4n) is 0.393. The summed E-state index contributed by atoms with van der Waals surface area (Å²) in [5.74, 6) is -0.264. The molecule has 5 nitrogen and oxygen atoms in total. The van der Waals surface area contributed by atoms with E-state index < -0.39 is 10.1 Å². The number of rotatable bonds is 5. The quantitative estimate of drug-likeness (QED) is 0.278. The van der Waals surface area contributed by atoms with E-state index >= 15 is 0 Å². The van der Waals surface area contributed by atoms with Crippen molar-refractivity contribution in [1.82, 2.24) is 10.9 Å². The number of nitrogens with one attached hydrogen (secondary N) is 2. The molecule has 0 radical (unpaired) electrons. The highest BCUT2D eigenvalue weighted by molar-refractivity contribution is 7.85. The van der Waals surface area contributed by atoms with E-state index in [-0.39, 0.29) is 12.3 Å². The van der Waals surface area contributed by atoms with Gasteiger partial charge >= 0.3 is 0 Å². The van der Waals surface area contributed by atoms with E-state index in [9.17, 15) is 8.42 Å². The van der Waals surface area contributed by atoms with Crippen molar-refractivity contribution in [2.75, 3.05) is 18.8 Å². The Morgan fingerprint density at radius 3 is 2.40 bits per heavy atom. The molecule has 0 rings (SSSR count). The van der Waals surface area contributed by atoms with E-state index in [1.807, 2.05) is 6.92 Å². The second kappa shape index (κ2) is 4.62. The van der Waals surface area contributed by atoms with E-state index in [2.05, 4.69) is 10.9 Å². The van der Waals surface area contributed by atoms with Crippen LogP contribution in [0.4, 0.5) is 0 Å². The molecule has 0 aromatic heterocycles. The average Bonchev–Trinajstić information content (AvgIpc) is 1.78. The lowest BCUT2D eigenvalue weighted by Gasteiger charge is -2.01. The van der Waals surface area contributed by atoms with Gasteiger partial charge in [-0.1, -0.05) is 6.92 Å². The topological polar surface area (TPSA) is 78.4 Å². The van der Waals surface area contributed by atoms with Gasteiger partial charge in [-0.15, -0.1) is 0 Å². The van der Waals surface area contributed by atoms with E-state index in [4.69, 9.17) is 4.55 Å². The molecule has 0 bridgehead atoms. The molecule has 3 N–H and O–H groups in total. The standard InChI is InChI=1S/C4H12N2O3S/c1-2-5-6-3-4-10(7,8)9/h5-6H,2-4H2,1H3,(H,7,8,9). The number of hydrogen-bond acceptors (Lipinski definition) is 4. The molecule has 0 aliphatic rings. The maximum Gasteiger partial charge on any atom is 0.266 e. The van der Waals surface area contributed by atoms with Gasteiger partial charge in [0.2, 0.25) is 0 Å². The maximum absolute atomic E-state index is 10.1. The number of hydrogen-bond donors (Lipinski definition) is 3. The van der Waals surface area contributed by atoms with Crippen molar-refractivity contribution in [2.45, 2.75) is 6.92 Å². The summed E-state index contributed by atoms with van der Waals surface area (Å²) in [7, 11) is -3.81. The third kappa shape index (κ3) is 7.83. The molecule has 0 saturated heterocycles. The van der Waals surface area contributed by atoms with Gasteiger partial charge in [-0.05, 0) is 0 Å². The first-order valence-electron chi connectivity index (χ1n) is 2.97. The Labute approximate surface area is 60.5 Å². The Hall–Kier alpha value is -0.170. The van der Waals surface area contributed by atoms with Crippen LogP contribution in [0.3, 0.4) is 0 Å². The van der Waals surface area contributed by atoms with Crippen molar-refractivity contribution >= 4 is 10.1 Å². The van der Waals surface area contributed by atoms with Crippen LogP contribution >= 0.6 is 0 Å². The maximum atomic E-state index is 10.1. The second-order valence-corrected chi connectivity index (χ2v) is 3.32. The van der Waals surface area contributed by atoms with Gasteiger partial charge in [0, 0.05) is 13.1 Å². The van der Waals surface area contributed by atoms with Gasteiger partial charge in [-0.25, -0.2) is 0 Å². The summed E-state index contributed by atoms with van der Waals surface area (Å²) in [4.78, 5) is 0. The summed E-state index contributed by atoms with van der Waals surface area (Å²) in [5.41, 5.74) is 5.30. The van der Waals surface area contributed by atoms with Crippen molar-refractivity contribution in [2.24, 2.45) is 0 Å². The van der Waals surface area contributed by atoms with Gasteiger partial charge < -0.3 is 0 Å². The predicted octanol–water partition coefficient (Wildman–Crippen LogP) is -1.01. The smallest absolute Gasteiger partial charge is 0.266 e. The fourth-order valence-corrected chi connectivity index (χ4v) is 0.753. The van der Waals surface area contributed by atoms with Crippen LogP contribution in [0.15, 0.2) is 0 Å². The van der Waals surface area contributed by atoms with Crippen molar-refractivity contribution in [1.29, 1.82) is 0 Å². The summed E-state index contributed by atoms with van der Waals surface area (Å²) < 4.78 is 28.4. The van der Waals surface area contributed by atoms with Crippen molar-refractivity contribution in [3.05, 3.63) is 0 Å². The molecule has 0 aromatic rings. The zero-order valence-electron chi connectivity index (χ0n) is 5.79. The highest BCUT2D eigenvalue weighted by Crippen LogP contribution is 1.76. The first kappa shape index (κ1) is 9.83. The lowest BCUT2D eigenvalue weighted by atomic mass is 10.8. The van der Waals surface area contributed by atoms with E-state index in [0.717, 1.165) is 0 Å². The van der Waals surface area contributed by atoms with Gasteiger partial charge in [0.1, 0.15) is 0 Å². The Morgan fingerprint density at radius 2 is 2.00 bits per heavy atom. The molecule has 6 heteroatoms. The van der Waals surface area contributed by atoms with Gasteiger partial charge in [-0.2, -0.15) is 8.42 Å². The van der Waals surface area contributed by atoms with Crippen LogP contribution in [-0.4, -0.2) is 31.8 Å². The van der Waals surface area contributed by atoms with Crippen LogP contribution < -0.4 is 10.9 Å². The molecule has 0 aromatic carbocycles. The van der Waals surface area contributed by atoms with Crippen LogP contribution in [-0.2, 0) is 10.1 Å². The third-order valence-corrected chi connectivity index (χ3v) is 1.51. The molecule has 0 atom stereocenters. The average molecular weight is 168 g/mol. The lowest BCUT2D eigenvalue weighted by Crippen LogP contribution is -2.35. The second-order valence-electron chi connectivity index (χ2n) is 1.74. The van der Waals surface area contributed by atoms with E-state index in [1.54, 1.807) is 0 Å². The molecular weight excluding hydrogens is 156 g/mol. The van der Waals surface area contributed by atoms with Crippen LogP contribution in [0.2, 0.25) is 0 Å². The Kier molecular flexibility index (Phi) is 4.54.